The zero-order valence-electron chi connectivity index (χ0n) is 18.2. The summed E-state index contributed by atoms with van der Waals surface area (Å²) in [5.41, 5.74) is 5.82. The molecule has 2 aromatic carbocycles. The first-order valence-corrected chi connectivity index (χ1v) is 10.9. The predicted octanol–water partition coefficient (Wildman–Crippen LogP) is 4.38. The Morgan fingerprint density at radius 1 is 1.09 bits per heavy atom. The van der Waals surface area contributed by atoms with Crippen LogP contribution >= 0.6 is 0 Å². The van der Waals surface area contributed by atoms with Gasteiger partial charge in [0.15, 0.2) is 5.82 Å². The maximum Gasteiger partial charge on any atom is 0.354 e. The van der Waals surface area contributed by atoms with Gasteiger partial charge in [0, 0.05) is 24.1 Å². The van der Waals surface area contributed by atoms with Crippen molar-refractivity contribution >= 4 is 5.97 Å². The van der Waals surface area contributed by atoms with E-state index in [0.717, 1.165) is 52.8 Å². The van der Waals surface area contributed by atoms with E-state index in [1.54, 1.807) is 4.68 Å². The van der Waals surface area contributed by atoms with E-state index in [-0.39, 0.29) is 5.69 Å². The minimum atomic E-state index is -0.947. The quantitative estimate of drug-likeness (QED) is 0.408. The van der Waals surface area contributed by atoms with Gasteiger partial charge in [-0.25, -0.2) is 9.89 Å². The number of hydrogen-bond acceptors (Lipinski definition) is 5. The van der Waals surface area contributed by atoms with Gasteiger partial charge in [-0.3, -0.25) is 4.68 Å². The zero-order chi connectivity index (χ0) is 22.5. The van der Waals surface area contributed by atoms with Gasteiger partial charge in [-0.1, -0.05) is 55.8 Å². The third-order valence-corrected chi connectivity index (χ3v) is 5.55. The van der Waals surface area contributed by atoms with E-state index < -0.39 is 5.97 Å². The van der Waals surface area contributed by atoms with Gasteiger partial charge in [-0.2, -0.15) is 5.10 Å². The molecular weight excluding hydrogens is 404 g/mol. The molecule has 2 heterocycles. The summed E-state index contributed by atoms with van der Waals surface area (Å²) in [7, 11) is 0. The molecule has 0 bridgehead atoms. The number of aromatic carboxylic acids is 1. The Bertz CT molecular complexity index is 1200. The molecule has 0 spiro atoms. The van der Waals surface area contributed by atoms with Gasteiger partial charge < -0.3 is 5.11 Å². The lowest BCUT2D eigenvalue weighted by atomic mass is 9.93. The van der Waals surface area contributed by atoms with Crippen LogP contribution in [0.25, 0.3) is 22.5 Å². The van der Waals surface area contributed by atoms with Gasteiger partial charge in [0.1, 0.15) is 5.69 Å². The van der Waals surface area contributed by atoms with Gasteiger partial charge in [0.25, 0.3) is 0 Å². The highest BCUT2D eigenvalue weighted by Gasteiger charge is 2.23. The van der Waals surface area contributed by atoms with E-state index in [4.69, 9.17) is 0 Å². The molecule has 0 aliphatic rings. The highest BCUT2D eigenvalue weighted by atomic mass is 16.4. The second-order valence-corrected chi connectivity index (χ2v) is 7.67. The van der Waals surface area contributed by atoms with Crippen molar-refractivity contribution in [1.82, 2.24) is 30.4 Å². The van der Waals surface area contributed by atoms with Crippen molar-refractivity contribution in [2.24, 2.45) is 0 Å². The molecule has 8 nitrogen and oxygen atoms in total. The molecule has 0 aliphatic heterocycles. The molecule has 0 radical (unpaired) electrons. The maximum atomic E-state index is 12.1. The number of hydrogen-bond donors (Lipinski definition) is 2. The zero-order valence-corrected chi connectivity index (χ0v) is 18.2. The number of nitrogens with one attached hydrogen (secondary N) is 1. The summed E-state index contributed by atoms with van der Waals surface area (Å²) in [5, 5.41) is 29.0. The molecule has 32 heavy (non-hydrogen) atoms. The molecule has 4 aromatic rings. The summed E-state index contributed by atoms with van der Waals surface area (Å²) < 4.78 is 1.60. The van der Waals surface area contributed by atoms with Crippen LogP contribution in [-0.2, 0) is 19.4 Å². The Kier molecular flexibility index (Phi) is 6.39. The van der Waals surface area contributed by atoms with E-state index in [9.17, 15) is 9.90 Å². The van der Waals surface area contributed by atoms with Crippen molar-refractivity contribution in [2.75, 3.05) is 0 Å². The number of unbranched alkanes of at least 4 members (excludes halogenated alkanes) is 1. The van der Waals surface area contributed by atoms with Crippen LogP contribution in [0.1, 0.15) is 54.0 Å². The van der Waals surface area contributed by atoms with Crippen LogP contribution in [0.2, 0.25) is 0 Å². The van der Waals surface area contributed by atoms with E-state index in [0.29, 0.717) is 18.8 Å². The number of benzene rings is 2. The summed E-state index contributed by atoms with van der Waals surface area (Å²) in [5.74, 6) is -0.378. The maximum absolute atomic E-state index is 12.1. The van der Waals surface area contributed by atoms with Crippen molar-refractivity contribution < 1.29 is 9.90 Å². The second-order valence-electron chi connectivity index (χ2n) is 7.67. The highest BCUT2D eigenvalue weighted by molar-refractivity contribution is 5.88. The van der Waals surface area contributed by atoms with E-state index in [1.165, 1.54) is 0 Å². The molecule has 0 fully saturated rings. The molecule has 0 unspecified atom stereocenters. The number of nitrogens with zero attached hydrogens (tertiary/aromatic N) is 5. The van der Waals surface area contributed by atoms with Crippen molar-refractivity contribution in [1.29, 1.82) is 0 Å². The van der Waals surface area contributed by atoms with Crippen LogP contribution in [0.5, 0.6) is 0 Å². The SMILES string of the molecule is CCCCc1nn(CC)c(C(=O)O)c1Cc1ccc(-c2ccccc2)c(-c2nnn[nH]2)c1. The van der Waals surface area contributed by atoms with Gasteiger partial charge in [0.05, 0.1) is 5.69 Å². The molecule has 0 amide bonds. The standard InChI is InChI=1S/C24H26N6O2/c1-3-5-11-21-20(22(24(31)32)30(4-2)27-21)15-16-12-13-18(17-9-7-6-8-10-17)19(14-16)23-25-28-29-26-23/h6-10,12-14H,3-5,11,15H2,1-2H3,(H,31,32)(H,25,26,28,29). The smallest absolute Gasteiger partial charge is 0.354 e. The molecule has 164 valence electrons. The molecule has 8 heteroatoms. The van der Waals surface area contributed by atoms with Crippen molar-refractivity contribution in [3.8, 4) is 22.5 Å². The van der Waals surface area contributed by atoms with Crippen molar-refractivity contribution in [2.45, 2.75) is 46.1 Å². The minimum absolute atomic E-state index is 0.272. The molecular formula is C24H26N6O2. The van der Waals surface area contributed by atoms with Gasteiger partial charge in [-0.05, 0) is 52.9 Å². The van der Waals surface area contributed by atoms with Crippen LogP contribution in [0, 0.1) is 0 Å². The first-order chi connectivity index (χ1) is 15.6. The number of carbonyl (C=O) groups is 1. The largest absolute Gasteiger partial charge is 0.477 e. The topological polar surface area (TPSA) is 110 Å². The van der Waals surface area contributed by atoms with Crippen LogP contribution in [0.3, 0.4) is 0 Å². The lowest BCUT2D eigenvalue weighted by Crippen LogP contribution is -2.11. The van der Waals surface area contributed by atoms with Gasteiger partial charge >= 0.3 is 5.97 Å². The fourth-order valence-electron chi connectivity index (χ4n) is 3.99. The Morgan fingerprint density at radius 2 is 1.91 bits per heavy atom. The van der Waals surface area contributed by atoms with E-state index in [2.05, 4.69) is 32.6 Å². The average Bonchev–Trinajstić information content (AvgIpc) is 3.46. The number of carboxylic acid groups (broad SMARTS) is 1. The van der Waals surface area contributed by atoms with Crippen LogP contribution in [-0.4, -0.2) is 41.5 Å². The van der Waals surface area contributed by atoms with E-state index in [1.807, 2.05) is 55.5 Å². The summed E-state index contributed by atoms with van der Waals surface area (Å²) in [6.07, 6.45) is 3.23. The Morgan fingerprint density at radius 3 is 2.56 bits per heavy atom. The molecule has 2 N–H and O–H groups in total. The van der Waals surface area contributed by atoms with Crippen LogP contribution < -0.4 is 0 Å². The molecule has 0 atom stereocenters. The third-order valence-electron chi connectivity index (χ3n) is 5.55. The van der Waals surface area contributed by atoms with Gasteiger partial charge in [-0.15, -0.1) is 5.10 Å². The number of aromatic nitrogens is 6. The molecule has 4 rings (SSSR count). The molecule has 0 saturated heterocycles. The minimum Gasteiger partial charge on any atom is -0.477 e. The fourth-order valence-corrected chi connectivity index (χ4v) is 3.99. The van der Waals surface area contributed by atoms with E-state index >= 15 is 0 Å². The highest BCUT2D eigenvalue weighted by Crippen LogP contribution is 2.32. The average molecular weight is 431 g/mol. The van der Waals surface area contributed by atoms with Crippen molar-refractivity contribution in [3.63, 3.8) is 0 Å². The molecule has 0 aliphatic carbocycles. The number of aryl methyl sites for hydroxylation is 2. The lowest BCUT2D eigenvalue weighted by molar-refractivity contribution is 0.0682. The van der Waals surface area contributed by atoms with Crippen LogP contribution in [0.15, 0.2) is 48.5 Å². The second kappa shape index (κ2) is 9.55. The number of rotatable bonds is 9. The van der Waals surface area contributed by atoms with Gasteiger partial charge in [0.2, 0.25) is 0 Å². The number of aromatic amines is 1. The summed E-state index contributed by atoms with van der Waals surface area (Å²) in [6.45, 7) is 4.55. The number of H-pyrrole nitrogens is 1. The summed E-state index contributed by atoms with van der Waals surface area (Å²) in [6, 6.07) is 16.1. The summed E-state index contributed by atoms with van der Waals surface area (Å²) in [4.78, 5) is 12.1. The summed E-state index contributed by atoms with van der Waals surface area (Å²) >= 11 is 0. The third kappa shape index (κ3) is 4.30. The molecule has 2 aromatic heterocycles. The number of carboxylic acids is 1. The Labute approximate surface area is 186 Å². The first-order valence-electron chi connectivity index (χ1n) is 10.9. The fraction of sp³-hybridized carbons (Fsp3) is 0.292. The Balaban J connectivity index is 1.80. The Hall–Kier alpha value is -3.81. The van der Waals surface area contributed by atoms with Crippen molar-refractivity contribution in [3.05, 3.63) is 71.0 Å². The van der Waals surface area contributed by atoms with Crippen LogP contribution in [0.4, 0.5) is 0 Å². The first kappa shape index (κ1) is 21.4. The predicted molar refractivity (Wildman–Crippen MR) is 121 cm³/mol. The normalized spacial score (nSPS) is 11.1. The molecule has 0 saturated carbocycles. The monoisotopic (exact) mass is 430 g/mol. The number of tetrazole rings is 1. The lowest BCUT2D eigenvalue weighted by Gasteiger charge is -2.11.